The fraction of sp³-hybridized carbons (Fsp3) is 0.423. The number of benzene rings is 1. The van der Waals surface area contributed by atoms with Crippen molar-refractivity contribution in [2.75, 3.05) is 18.8 Å². The highest BCUT2D eigenvalue weighted by molar-refractivity contribution is 6.31. The number of ether oxygens (including phenoxy) is 2. The zero-order valence-electron chi connectivity index (χ0n) is 20.3. The van der Waals surface area contributed by atoms with Gasteiger partial charge in [-0.15, -0.1) is 0 Å². The Bertz CT molecular complexity index is 1270. The number of nitrogens with zero attached hydrogens (tertiary/aromatic N) is 4. The molecular weight excluding hydrogens is 466 g/mol. The summed E-state index contributed by atoms with van der Waals surface area (Å²) in [4.78, 5) is 18.8. The second kappa shape index (κ2) is 8.75. The number of amides is 1. The average molecular weight is 496 g/mol. The number of pyridine rings is 1. The van der Waals surface area contributed by atoms with Crippen LogP contribution in [0.4, 0.5) is 10.6 Å². The number of aromatic nitrogens is 3. The van der Waals surface area contributed by atoms with Gasteiger partial charge in [0.05, 0.1) is 5.69 Å². The Labute approximate surface area is 210 Å². The molecule has 1 spiro atoms. The van der Waals surface area contributed by atoms with Gasteiger partial charge in [0.2, 0.25) is 0 Å². The second-order valence-electron chi connectivity index (χ2n) is 10.3. The lowest BCUT2D eigenvalue weighted by atomic mass is 9.82. The van der Waals surface area contributed by atoms with E-state index in [1.54, 1.807) is 6.20 Å². The van der Waals surface area contributed by atoms with Crippen LogP contribution in [-0.4, -0.2) is 44.4 Å². The van der Waals surface area contributed by atoms with E-state index in [0.717, 1.165) is 41.9 Å². The SMILES string of the molecule is CC(C)(C)OC(=O)N1CCC2(CCn3nc(-c4cnc(N)c(OCc5ccccc5Cl)c4)cc32)C1. The number of rotatable bonds is 4. The topological polar surface area (TPSA) is 95.5 Å². The zero-order chi connectivity index (χ0) is 24.8. The maximum absolute atomic E-state index is 12.6. The molecular formula is C26H30ClN5O3. The van der Waals surface area contributed by atoms with Crippen LogP contribution in [0.1, 0.15) is 44.9 Å². The van der Waals surface area contributed by atoms with Gasteiger partial charge in [0.25, 0.3) is 0 Å². The summed E-state index contributed by atoms with van der Waals surface area (Å²) in [5.74, 6) is 0.801. The van der Waals surface area contributed by atoms with E-state index in [1.165, 1.54) is 0 Å². The number of aryl methyl sites for hydroxylation is 1. The van der Waals surface area contributed by atoms with Crippen molar-refractivity contribution >= 4 is 23.5 Å². The fourth-order valence-corrected chi connectivity index (χ4v) is 5.04. The van der Waals surface area contributed by atoms with Gasteiger partial charge in [-0.05, 0) is 51.8 Å². The highest BCUT2D eigenvalue weighted by Gasteiger charge is 2.47. The minimum absolute atomic E-state index is 0.104. The first-order chi connectivity index (χ1) is 16.6. The van der Waals surface area contributed by atoms with Crippen LogP contribution in [0.3, 0.4) is 0 Å². The molecule has 0 bridgehead atoms. The quantitative estimate of drug-likeness (QED) is 0.544. The zero-order valence-corrected chi connectivity index (χ0v) is 21.0. The van der Waals surface area contributed by atoms with Crippen molar-refractivity contribution in [1.29, 1.82) is 0 Å². The molecule has 4 heterocycles. The van der Waals surface area contributed by atoms with Crippen LogP contribution in [0.2, 0.25) is 5.02 Å². The molecule has 35 heavy (non-hydrogen) atoms. The lowest BCUT2D eigenvalue weighted by Gasteiger charge is -2.26. The Morgan fingerprint density at radius 2 is 1.97 bits per heavy atom. The maximum Gasteiger partial charge on any atom is 0.410 e. The van der Waals surface area contributed by atoms with E-state index in [2.05, 4.69) is 15.7 Å². The number of carbonyl (C=O) groups is 1. The van der Waals surface area contributed by atoms with E-state index in [0.29, 0.717) is 29.7 Å². The molecule has 184 valence electrons. The van der Waals surface area contributed by atoms with Crippen molar-refractivity contribution in [2.45, 2.75) is 57.8 Å². The number of halogens is 1. The molecule has 1 unspecified atom stereocenters. The number of carbonyl (C=O) groups excluding carboxylic acids is 1. The highest BCUT2D eigenvalue weighted by atomic mass is 35.5. The van der Waals surface area contributed by atoms with Crippen molar-refractivity contribution in [1.82, 2.24) is 19.7 Å². The normalized spacial score (nSPS) is 19.3. The van der Waals surface area contributed by atoms with E-state index in [-0.39, 0.29) is 18.1 Å². The van der Waals surface area contributed by atoms with Crippen LogP contribution < -0.4 is 10.5 Å². The Balaban J connectivity index is 1.35. The third-order valence-electron chi connectivity index (χ3n) is 6.65. The molecule has 8 nitrogen and oxygen atoms in total. The molecule has 0 aliphatic carbocycles. The summed E-state index contributed by atoms with van der Waals surface area (Å²) in [6.45, 7) is 8.09. The summed E-state index contributed by atoms with van der Waals surface area (Å²) in [7, 11) is 0. The number of anilines is 1. The summed E-state index contributed by atoms with van der Waals surface area (Å²) in [6, 6.07) is 11.5. The summed E-state index contributed by atoms with van der Waals surface area (Å²) in [6.07, 6.45) is 3.31. The monoisotopic (exact) mass is 495 g/mol. The molecule has 0 saturated carbocycles. The highest BCUT2D eigenvalue weighted by Crippen LogP contribution is 2.44. The predicted octanol–water partition coefficient (Wildman–Crippen LogP) is 5.04. The first-order valence-electron chi connectivity index (χ1n) is 11.8. The lowest BCUT2D eigenvalue weighted by molar-refractivity contribution is 0.0284. The molecule has 5 rings (SSSR count). The van der Waals surface area contributed by atoms with E-state index in [1.807, 2.05) is 56.0 Å². The molecule has 9 heteroatoms. The van der Waals surface area contributed by atoms with Gasteiger partial charge in [0, 0.05) is 53.1 Å². The van der Waals surface area contributed by atoms with Gasteiger partial charge < -0.3 is 20.1 Å². The van der Waals surface area contributed by atoms with Gasteiger partial charge in [-0.2, -0.15) is 5.10 Å². The number of nitrogen functional groups attached to an aromatic ring is 1. The number of hydrogen-bond acceptors (Lipinski definition) is 6. The Hall–Kier alpha value is -3.26. The predicted molar refractivity (Wildman–Crippen MR) is 134 cm³/mol. The standard InChI is InChI=1S/C26H30ClN5O3/c1-25(2,3)35-24(33)31-10-8-26(16-31)9-11-32-22(26)13-20(30-32)18-12-21(23(28)29-14-18)34-15-17-6-4-5-7-19(17)27/h4-7,12-14H,8-11,15-16H2,1-3H3,(H2,28,29). The van der Waals surface area contributed by atoms with Crippen LogP contribution in [0.25, 0.3) is 11.3 Å². The van der Waals surface area contributed by atoms with Crippen molar-refractivity contribution in [2.24, 2.45) is 0 Å². The first-order valence-corrected chi connectivity index (χ1v) is 12.2. The molecule has 1 fully saturated rings. The van der Waals surface area contributed by atoms with Crippen molar-refractivity contribution in [3.8, 4) is 17.0 Å². The molecule has 2 aliphatic heterocycles. The number of nitrogens with two attached hydrogens (primary N) is 1. The summed E-state index contributed by atoms with van der Waals surface area (Å²) >= 11 is 6.25. The van der Waals surface area contributed by atoms with Gasteiger partial charge in [0.15, 0.2) is 11.6 Å². The molecule has 1 atom stereocenters. The van der Waals surface area contributed by atoms with Crippen LogP contribution in [0, 0.1) is 0 Å². The second-order valence-corrected chi connectivity index (χ2v) is 10.7. The minimum Gasteiger partial charge on any atom is -0.485 e. The molecule has 1 amide bonds. The molecule has 3 aromatic rings. The molecule has 0 radical (unpaired) electrons. The summed E-state index contributed by atoms with van der Waals surface area (Å²) in [5, 5.41) is 5.48. The number of hydrogen-bond donors (Lipinski definition) is 1. The van der Waals surface area contributed by atoms with Crippen LogP contribution in [0.5, 0.6) is 5.75 Å². The van der Waals surface area contributed by atoms with E-state index in [4.69, 9.17) is 31.9 Å². The third kappa shape index (κ3) is 4.67. The molecule has 1 saturated heterocycles. The summed E-state index contributed by atoms with van der Waals surface area (Å²) in [5.41, 5.74) is 9.12. The fourth-order valence-electron chi connectivity index (χ4n) is 4.85. The minimum atomic E-state index is -0.509. The van der Waals surface area contributed by atoms with Gasteiger partial charge in [-0.1, -0.05) is 29.8 Å². The molecule has 2 N–H and O–H groups in total. The van der Waals surface area contributed by atoms with Crippen molar-refractivity contribution in [3.05, 3.63) is 58.9 Å². The third-order valence-corrected chi connectivity index (χ3v) is 7.02. The Morgan fingerprint density at radius 3 is 2.74 bits per heavy atom. The molecule has 1 aromatic carbocycles. The lowest BCUT2D eigenvalue weighted by Crippen LogP contribution is -2.37. The molecule has 2 aliphatic rings. The largest absolute Gasteiger partial charge is 0.485 e. The first kappa shape index (κ1) is 23.5. The van der Waals surface area contributed by atoms with E-state index < -0.39 is 5.60 Å². The van der Waals surface area contributed by atoms with Gasteiger partial charge in [0.1, 0.15) is 12.2 Å². The van der Waals surface area contributed by atoms with E-state index in [9.17, 15) is 4.79 Å². The average Bonchev–Trinajstić information content (AvgIpc) is 3.50. The van der Waals surface area contributed by atoms with Crippen molar-refractivity contribution < 1.29 is 14.3 Å². The Morgan fingerprint density at radius 1 is 1.20 bits per heavy atom. The van der Waals surface area contributed by atoms with Crippen LogP contribution >= 0.6 is 11.6 Å². The van der Waals surface area contributed by atoms with Gasteiger partial charge in [-0.25, -0.2) is 9.78 Å². The Kier molecular flexibility index (Phi) is 5.87. The van der Waals surface area contributed by atoms with Crippen LogP contribution in [-0.2, 0) is 23.3 Å². The maximum atomic E-state index is 12.6. The smallest absolute Gasteiger partial charge is 0.410 e. The number of fused-ring (bicyclic) bond motifs is 2. The van der Waals surface area contributed by atoms with Gasteiger partial charge >= 0.3 is 6.09 Å². The van der Waals surface area contributed by atoms with E-state index >= 15 is 0 Å². The van der Waals surface area contributed by atoms with Crippen molar-refractivity contribution in [3.63, 3.8) is 0 Å². The number of likely N-dealkylation sites (tertiary alicyclic amines) is 1. The van der Waals surface area contributed by atoms with Gasteiger partial charge in [-0.3, -0.25) is 4.68 Å². The summed E-state index contributed by atoms with van der Waals surface area (Å²) < 4.78 is 13.6. The van der Waals surface area contributed by atoms with Crippen LogP contribution in [0.15, 0.2) is 42.6 Å². The molecule has 2 aromatic heterocycles.